The van der Waals surface area contributed by atoms with E-state index in [4.69, 9.17) is 0 Å². The minimum absolute atomic E-state index is 0.0979. The molecule has 0 radical (unpaired) electrons. The van der Waals surface area contributed by atoms with Crippen molar-refractivity contribution in [1.82, 2.24) is 0 Å². The summed E-state index contributed by atoms with van der Waals surface area (Å²) in [4.78, 5) is 23.8. The number of ketones is 2. The quantitative estimate of drug-likeness (QED) is 0.795. The van der Waals surface area contributed by atoms with Crippen LogP contribution in [0.4, 0.5) is 8.78 Å². The second-order valence-corrected chi connectivity index (χ2v) is 4.31. The molecule has 20 heavy (non-hydrogen) atoms. The molecule has 0 unspecified atom stereocenters. The zero-order valence-electron chi connectivity index (χ0n) is 10.8. The van der Waals surface area contributed by atoms with Crippen LogP contribution in [0.2, 0.25) is 0 Å². The highest BCUT2D eigenvalue weighted by Gasteiger charge is 2.15. The molecule has 0 aliphatic heterocycles. The molecule has 0 fully saturated rings. The van der Waals surface area contributed by atoms with Crippen LogP contribution < -0.4 is 0 Å². The zero-order chi connectivity index (χ0) is 14.7. The molecule has 0 aromatic heterocycles. The molecule has 2 rings (SSSR count). The Kier molecular flexibility index (Phi) is 4.03. The van der Waals surface area contributed by atoms with Crippen molar-refractivity contribution >= 4 is 11.6 Å². The molecule has 0 aliphatic carbocycles. The highest BCUT2D eigenvalue weighted by Crippen LogP contribution is 2.16. The first-order valence-corrected chi connectivity index (χ1v) is 6.16. The minimum atomic E-state index is -0.915. The lowest BCUT2D eigenvalue weighted by Crippen LogP contribution is -2.06. The Morgan fingerprint density at radius 3 is 2.35 bits per heavy atom. The number of hydrogen-bond acceptors (Lipinski definition) is 2. The molecule has 0 N–H and O–H groups in total. The van der Waals surface area contributed by atoms with Gasteiger partial charge in [0.2, 0.25) is 0 Å². The molecule has 0 spiro atoms. The zero-order valence-corrected chi connectivity index (χ0v) is 10.8. The van der Waals surface area contributed by atoms with Crippen LogP contribution in [0.1, 0.15) is 39.6 Å². The van der Waals surface area contributed by atoms with Gasteiger partial charge in [0.05, 0.1) is 5.56 Å². The second kappa shape index (κ2) is 5.74. The first-order chi connectivity index (χ1) is 9.52. The van der Waals surface area contributed by atoms with Crippen molar-refractivity contribution in [2.45, 2.75) is 13.3 Å². The summed E-state index contributed by atoms with van der Waals surface area (Å²) in [6, 6.07) is 8.88. The second-order valence-electron chi connectivity index (χ2n) is 4.31. The highest BCUT2D eigenvalue weighted by molar-refractivity contribution is 6.10. The fraction of sp³-hybridized carbons (Fsp3) is 0.125. The van der Waals surface area contributed by atoms with Crippen LogP contribution >= 0.6 is 0 Å². The van der Waals surface area contributed by atoms with Crippen LogP contribution in [-0.2, 0) is 0 Å². The van der Waals surface area contributed by atoms with Gasteiger partial charge in [0.25, 0.3) is 0 Å². The van der Waals surface area contributed by atoms with E-state index in [-0.39, 0.29) is 16.9 Å². The standard InChI is InChI=1S/C16H12F2O2/c1-2-15(19)10-4-3-5-11(8-10)16(20)13-7-6-12(17)9-14(13)18/h3-9H,2H2,1H3. The van der Waals surface area contributed by atoms with Gasteiger partial charge < -0.3 is 0 Å². The molecular formula is C16H12F2O2. The van der Waals surface area contributed by atoms with E-state index in [1.165, 1.54) is 12.1 Å². The van der Waals surface area contributed by atoms with Crippen LogP contribution in [0.25, 0.3) is 0 Å². The van der Waals surface area contributed by atoms with Crippen molar-refractivity contribution in [3.05, 3.63) is 70.8 Å². The van der Waals surface area contributed by atoms with Gasteiger partial charge in [-0.25, -0.2) is 8.78 Å². The number of benzene rings is 2. The third-order valence-corrected chi connectivity index (χ3v) is 2.94. The van der Waals surface area contributed by atoms with Gasteiger partial charge in [-0.05, 0) is 18.2 Å². The summed E-state index contributed by atoms with van der Waals surface area (Å²) in [6.45, 7) is 1.72. The summed E-state index contributed by atoms with van der Waals surface area (Å²) < 4.78 is 26.4. The van der Waals surface area contributed by atoms with E-state index in [9.17, 15) is 18.4 Å². The molecule has 2 aromatic carbocycles. The van der Waals surface area contributed by atoms with Gasteiger partial charge in [0.15, 0.2) is 11.6 Å². The fourth-order valence-corrected chi connectivity index (χ4v) is 1.87. The highest BCUT2D eigenvalue weighted by atomic mass is 19.1. The topological polar surface area (TPSA) is 34.1 Å². The molecule has 0 amide bonds. The van der Waals surface area contributed by atoms with Gasteiger partial charge in [-0.15, -0.1) is 0 Å². The number of hydrogen-bond donors (Lipinski definition) is 0. The number of rotatable bonds is 4. The molecule has 0 saturated heterocycles. The Morgan fingerprint density at radius 1 is 1.00 bits per heavy atom. The van der Waals surface area contributed by atoms with Crippen molar-refractivity contribution in [2.75, 3.05) is 0 Å². The van der Waals surface area contributed by atoms with E-state index in [2.05, 4.69) is 0 Å². The molecule has 0 bridgehead atoms. The van der Waals surface area contributed by atoms with E-state index < -0.39 is 17.4 Å². The maximum atomic E-state index is 13.6. The van der Waals surface area contributed by atoms with Crippen molar-refractivity contribution in [1.29, 1.82) is 0 Å². The first kappa shape index (κ1) is 14.1. The Morgan fingerprint density at radius 2 is 1.70 bits per heavy atom. The van der Waals surface area contributed by atoms with E-state index in [0.717, 1.165) is 12.1 Å². The average molecular weight is 274 g/mol. The normalized spacial score (nSPS) is 10.3. The maximum Gasteiger partial charge on any atom is 0.195 e. The van der Waals surface area contributed by atoms with Gasteiger partial charge in [-0.1, -0.05) is 25.1 Å². The Balaban J connectivity index is 2.41. The summed E-state index contributed by atoms with van der Waals surface area (Å²) in [5, 5.41) is 0. The predicted octanol–water partition coefficient (Wildman–Crippen LogP) is 3.79. The van der Waals surface area contributed by atoms with Crippen molar-refractivity contribution in [2.24, 2.45) is 0 Å². The fourth-order valence-electron chi connectivity index (χ4n) is 1.87. The van der Waals surface area contributed by atoms with E-state index in [1.807, 2.05) is 0 Å². The van der Waals surface area contributed by atoms with Crippen LogP contribution in [-0.4, -0.2) is 11.6 Å². The SMILES string of the molecule is CCC(=O)c1cccc(C(=O)c2ccc(F)cc2F)c1. The smallest absolute Gasteiger partial charge is 0.195 e. The van der Waals surface area contributed by atoms with Gasteiger partial charge >= 0.3 is 0 Å². The van der Waals surface area contributed by atoms with Crippen LogP contribution in [0, 0.1) is 11.6 Å². The lowest BCUT2D eigenvalue weighted by atomic mass is 9.99. The number of carbonyl (C=O) groups is 2. The molecular weight excluding hydrogens is 262 g/mol. The molecule has 4 heteroatoms. The van der Waals surface area contributed by atoms with E-state index in [0.29, 0.717) is 18.1 Å². The number of Topliss-reactive ketones (excluding diaryl/α,β-unsaturated/α-hetero) is 1. The average Bonchev–Trinajstić information content (AvgIpc) is 2.46. The molecule has 102 valence electrons. The van der Waals surface area contributed by atoms with Gasteiger partial charge in [-0.2, -0.15) is 0 Å². The van der Waals surface area contributed by atoms with Gasteiger partial charge in [0.1, 0.15) is 11.6 Å². The molecule has 2 aromatic rings. The van der Waals surface area contributed by atoms with Gasteiger partial charge in [-0.3, -0.25) is 9.59 Å². The summed E-state index contributed by atoms with van der Waals surface area (Å²) in [5.74, 6) is -2.33. The summed E-state index contributed by atoms with van der Waals surface area (Å²) in [5.41, 5.74) is 0.392. The summed E-state index contributed by atoms with van der Waals surface area (Å²) in [6.07, 6.45) is 0.322. The molecule has 0 atom stereocenters. The maximum absolute atomic E-state index is 13.6. The summed E-state index contributed by atoms with van der Waals surface area (Å²) in [7, 11) is 0. The largest absolute Gasteiger partial charge is 0.294 e. The Bertz CT molecular complexity index is 678. The van der Waals surface area contributed by atoms with Crippen LogP contribution in [0.3, 0.4) is 0 Å². The van der Waals surface area contributed by atoms with Crippen LogP contribution in [0.15, 0.2) is 42.5 Å². The lowest BCUT2D eigenvalue weighted by Gasteiger charge is -2.05. The van der Waals surface area contributed by atoms with E-state index >= 15 is 0 Å². The van der Waals surface area contributed by atoms with Crippen molar-refractivity contribution in [3.63, 3.8) is 0 Å². The summed E-state index contributed by atoms with van der Waals surface area (Å²) >= 11 is 0. The third-order valence-electron chi connectivity index (χ3n) is 2.94. The Labute approximate surface area is 115 Å². The monoisotopic (exact) mass is 274 g/mol. The predicted molar refractivity (Wildman–Crippen MR) is 70.9 cm³/mol. The third kappa shape index (κ3) is 2.79. The first-order valence-electron chi connectivity index (χ1n) is 6.16. The lowest BCUT2D eigenvalue weighted by molar-refractivity contribution is 0.0988. The number of halogens is 2. The molecule has 2 nitrogen and oxygen atoms in total. The van der Waals surface area contributed by atoms with Crippen LogP contribution in [0.5, 0.6) is 0 Å². The molecule has 0 saturated carbocycles. The number of carbonyl (C=O) groups excluding carboxylic acids is 2. The molecule has 0 heterocycles. The Hall–Kier alpha value is -2.36. The molecule has 0 aliphatic rings. The van der Waals surface area contributed by atoms with Crippen molar-refractivity contribution < 1.29 is 18.4 Å². The van der Waals surface area contributed by atoms with Crippen molar-refractivity contribution in [3.8, 4) is 0 Å². The minimum Gasteiger partial charge on any atom is -0.294 e. The van der Waals surface area contributed by atoms with E-state index in [1.54, 1.807) is 19.1 Å². The van der Waals surface area contributed by atoms with Gasteiger partial charge in [0, 0.05) is 23.6 Å².